The van der Waals surface area contributed by atoms with Crippen LogP contribution in [0.3, 0.4) is 0 Å². The van der Waals surface area contributed by atoms with E-state index in [9.17, 15) is 9.59 Å². The van der Waals surface area contributed by atoms with Crippen LogP contribution in [0.1, 0.15) is 59.3 Å². The van der Waals surface area contributed by atoms with Crippen LogP contribution in [0.2, 0.25) is 0 Å². The molecule has 2 atom stereocenters. The molecule has 0 spiro atoms. The van der Waals surface area contributed by atoms with Gasteiger partial charge in [0.2, 0.25) is 0 Å². The molecule has 0 fully saturated rings. The van der Waals surface area contributed by atoms with Gasteiger partial charge in [-0.25, -0.2) is 0 Å². The molecule has 4 heteroatoms. The van der Waals surface area contributed by atoms with Crippen molar-refractivity contribution in [2.75, 3.05) is 0 Å². The summed E-state index contributed by atoms with van der Waals surface area (Å²) in [6.07, 6.45) is 12.3. The Kier molecular flexibility index (Phi) is 11.0. The Hall–Kier alpha value is -1.76. The fraction of sp³-hybridized carbons (Fsp3) is 0.647. The first-order chi connectivity index (χ1) is 9.99. The van der Waals surface area contributed by atoms with Crippen molar-refractivity contribution in [3.05, 3.63) is 12.2 Å². The maximum atomic E-state index is 11.6. The van der Waals surface area contributed by atoms with Gasteiger partial charge in [-0.05, 0) is 32.8 Å². The van der Waals surface area contributed by atoms with Crippen molar-refractivity contribution in [2.24, 2.45) is 0 Å². The van der Waals surface area contributed by atoms with Crippen LogP contribution < -0.4 is 0 Å². The second kappa shape index (κ2) is 12.0. The first-order valence-corrected chi connectivity index (χ1v) is 7.51. The molecule has 0 aromatic rings. The van der Waals surface area contributed by atoms with Gasteiger partial charge in [0.25, 0.3) is 0 Å². The number of esters is 2. The van der Waals surface area contributed by atoms with Gasteiger partial charge in [0.05, 0.1) is 0 Å². The summed E-state index contributed by atoms with van der Waals surface area (Å²) in [5.41, 5.74) is 0. The zero-order valence-electron chi connectivity index (χ0n) is 13.3. The Morgan fingerprint density at radius 1 is 1.14 bits per heavy atom. The highest BCUT2D eigenvalue weighted by Gasteiger charge is 2.10. The van der Waals surface area contributed by atoms with E-state index in [0.717, 1.165) is 19.3 Å². The van der Waals surface area contributed by atoms with Gasteiger partial charge in [-0.1, -0.05) is 31.8 Å². The molecule has 2 unspecified atom stereocenters. The zero-order chi connectivity index (χ0) is 16.1. The minimum atomic E-state index is -0.530. The second-order valence-electron chi connectivity index (χ2n) is 4.92. The number of terminal acetylenes is 1. The molecular weight excluding hydrogens is 268 g/mol. The first-order valence-electron chi connectivity index (χ1n) is 7.51. The number of ether oxygens (including phenoxy) is 2. The number of hydrogen-bond donors (Lipinski definition) is 0. The fourth-order valence-corrected chi connectivity index (χ4v) is 1.58. The highest BCUT2D eigenvalue weighted by atomic mass is 16.5. The van der Waals surface area contributed by atoms with Crippen LogP contribution in [0.15, 0.2) is 12.2 Å². The quantitative estimate of drug-likeness (QED) is 0.268. The van der Waals surface area contributed by atoms with E-state index in [1.165, 1.54) is 0 Å². The highest BCUT2D eigenvalue weighted by Crippen LogP contribution is 2.05. The molecule has 0 saturated carbocycles. The lowest BCUT2D eigenvalue weighted by Crippen LogP contribution is -2.15. The Morgan fingerprint density at radius 3 is 2.33 bits per heavy atom. The molecule has 0 rings (SSSR count). The predicted molar refractivity (Wildman–Crippen MR) is 82.5 cm³/mol. The normalized spacial score (nSPS) is 13.4. The summed E-state index contributed by atoms with van der Waals surface area (Å²) < 4.78 is 10.1. The van der Waals surface area contributed by atoms with Crippen LogP contribution in [0.5, 0.6) is 0 Å². The van der Waals surface area contributed by atoms with Crippen molar-refractivity contribution in [1.82, 2.24) is 0 Å². The maximum absolute atomic E-state index is 11.6. The van der Waals surface area contributed by atoms with Gasteiger partial charge in [0.15, 0.2) is 6.10 Å². The van der Waals surface area contributed by atoms with Crippen LogP contribution in [-0.4, -0.2) is 24.1 Å². The standard InChI is InChI=1S/C17H26O4/c1-5-7-8-9-11-15(4)21-17(19)13-10-12-16(18)20-14(3)6-2/h2,9,11,14-15H,5,7-8,10,12-13H2,1,3-4H3/b11-9+. The number of hydrogen-bond acceptors (Lipinski definition) is 4. The molecule has 0 N–H and O–H groups in total. The van der Waals surface area contributed by atoms with Gasteiger partial charge >= 0.3 is 11.9 Å². The summed E-state index contributed by atoms with van der Waals surface area (Å²) in [6.45, 7) is 5.58. The summed E-state index contributed by atoms with van der Waals surface area (Å²) in [5, 5.41) is 0. The van der Waals surface area contributed by atoms with Crippen molar-refractivity contribution >= 4 is 11.9 Å². The van der Waals surface area contributed by atoms with Gasteiger partial charge < -0.3 is 9.47 Å². The van der Waals surface area contributed by atoms with E-state index >= 15 is 0 Å². The van der Waals surface area contributed by atoms with E-state index in [1.54, 1.807) is 6.92 Å². The molecule has 0 aromatic carbocycles. The van der Waals surface area contributed by atoms with Crippen LogP contribution in [-0.2, 0) is 19.1 Å². The number of carbonyl (C=O) groups excluding carboxylic acids is 2. The van der Waals surface area contributed by atoms with E-state index in [2.05, 4.69) is 12.8 Å². The van der Waals surface area contributed by atoms with E-state index in [1.807, 2.05) is 19.1 Å². The second-order valence-corrected chi connectivity index (χ2v) is 4.92. The summed E-state index contributed by atoms with van der Waals surface area (Å²) in [4.78, 5) is 22.9. The van der Waals surface area contributed by atoms with Crippen molar-refractivity contribution in [3.8, 4) is 12.3 Å². The molecule has 0 amide bonds. The molecule has 0 aromatic heterocycles. The van der Waals surface area contributed by atoms with Gasteiger partial charge in [0, 0.05) is 12.8 Å². The third-order valence-electron chi connectivity index (χ3n) is 2.75. The molecule has 118 valence electrons. The largest absolute Gasteiger partial charge is 0.458 e. The Bertz CT molecular complexity index is 379. The topological polar surface area (TPSA) is 52.6 Å². The smallest absolute Gasteiger partial charge is 0.307 e. The Labute approximate surface area is 127 Å². The van der Waals surface area contributed by atoms with E-state index in [4.69, 9.17) is 15.9 Å². The van der Waals surface area contributed by atoms with Gasteiger partial charge in [0.1, 0.15) is 6.10 Å². The van der Waals surface area contributed by atoms with Gasteiger partial charge in [-0.2, -0.15) is 0 Å². The molecule has 0 aliphatic rings. The third kappa shape index (κ3) is 11.7. The molecule has 0 saturated heterocycles. The van der Waals surface area contributed by atoms with E-state index < -0.39 is 6.10 Å². The van der Waals surface area contributed by atoms with Crippen LogP contribution in [0, 0.1) is 12.3 Å². The lowest BCUT2D eigenvalue weighted by molar-refractivity contribution is -0.147. The van der Waals surface area contributed by atoms with Gasteiger partial charge in [-0.15, -0.1) is 6.42 Å². The minimum absolute atomic E-state index is 0.168. The summed E-state index contributed by atoms with van der Waals surface area (Å²) in [6, 6.07) is 0. The average molecular weight is 294 g/mol. The van der Waals surface area contributed by atoms with Crippen molar-refractivity contribution in [2.45, 2.75) is 71.5 Å². The Morgan fingerprint density at radius 2 is 1.76 bits per heavy atom. The van der Waals surface area contributed by atoms with Crippen LogP contribution in [0.25, 0.3) is 0 Å². The summed E-state index contributed by atoms with van der Waals surface area (Å²) in [7, 11) is 0. The molecule has 4 nitrogen and oxygen atoms in total. The summed E-state index contributed by atoms with van der Waals surface area (Å²) in [5.74, 6) is 1.61. The minimum Gasteiger partial charge on any atom is -0.458 e. The fourth-order valence-electron chi connectivity index (χ4n) is 1.58. The molecule has 0 heterocycles. The lowest BCUT2D eigenvalue weighted by Gasteiger charge is -2.09. The van der Waals surface area contributed by atoms with Crippen molar-refractivity contribution in [3.63, 3.8) is 0 Å². The number of allylic oxidation sites excluding steroid dienone is 1. The number of carbonyl (C=O) groups is 2. The molecule has 0 radical (unpaired) electrons. The van der Waals surface area contributed by atoms with Crippen molar-refractivity contribution in [1.29, 1.82) is 0 Å². The first kappa shape index (κ1) is 19.2. The SMILES string of the molecule is C#CC(C)OC(=O)CCCC(=O)OC(C)/C=C/CCCC. The van der Waals surface area contributed by atoms with Crippen molar-refractivity contribution < 1.29 is 19.1 Å². The van der Waals surface area contributed by atoms with Crippen LogP contribution in [0.4, 0.5) is 0 Å². The summed E-state index contributed by atoms with van der Waals surface area (Å²) >= 11 is 0. The average Bonchev–Trinajstić information content (AvgIpc) is 2.43. The zero-order valence-corrected chi connectivity index (χ0v) is 13.3. The number of unbranched alkanes of at least 4 members (excludes halogenated alkanes) is 2. The third-order valence-corrected chi connectivity index (χ3v) is 2.75. The molecular formula is C17H26O4. The maximum Gasteiger partial charge on any atom is 0.307 e. The molecule has 0 aliphatic heterocycles. The monoisotopic (exact) mass is 294 g/mol. The van der Waals surface area contributed by atoms with E-state index in [0.29, 0.717) is 6.42 Å². The number of rotatable bonds is 10. The van der Waals surface area contributed by atoms with Crippen LogP contribution >= 0.6 is 0 Å². The molecule has 0 aliphatic carbocycles. The predicted octanol–water partition coefficient (Wildman–Crippen LogP) is 3.40. The molecule has 0 bridgehead atoms. The Balaban J connectivity index is 3.78. The van der Waals surface area contributed by atoms with E-state index in [-0.39, 0.29) is 30.9 Å². The lowest BCUT2D eigenvalue weighted by atomic mass is 10.2. The van der Waals surface area contributed by atoms with Gasteiger partial charge in [-0.3, -0.25) is 9.59 Å². The highest BCUT2D eigenvalue weighted by molar-refractivity contribution is 5.72. The molecule has 21 heavy (non-hydrogen) atoms.